The van der Waals surface area contributed by atoms with Gasteiger partial charge in [-0.1, -0.05) is 0 Å². The van der Waals surface area contributed by atoms with Crippen molar-refractivity contribution in [2.24, 2.45) is 0 Å². The molecule has 0 aliphatic rings. The molecule has 1 heterocycles. The summed E-state index contributed by atoms with van der Waals surface area (Å²) >= 11 is 0. The van der Waals surface area contributed by atoms with Gasteiger partial charge in [0.15, 0.2) is 0 Å². The molecule has 0 fully saturated rings. The Hall–Kier alpha value is -2.57. The lowest BCUT2D eigenvalue weighted by atomic mass is 10.2. The molecule has 0 aliphatic heterocycles. The average molecular weight is 306 g/mol. The fourth-order valence-corrected chi connectivity index (χ4v) is 1.76. The number of nitrogens with one attached hydrogen (secondary N) is 3. The maximum Gasteiger partial charge on any atom is 0.412 e. The normalized spacial score (nSPS) is 11.1. The summed E-state index contributed by atoms with van der Waals surface area (Å²) in [5, 5.41) is 12.3. The number of H-pyrrole nitrogens is 1. The van der Waals surface area contributed by atoms with E-state index in [0.717, 1.165) is 5.69 Å². The van der Waals surface area contributed by atoms with Gasteiger partial charge in [0.1, 0.15) is 11.4 Å². The molecule has 7 heteroatoms. The van der Waals surface area contributed by atoms with Gasteiger partial charge in [-0.25, -0.2) is 9.18 Å². The number of hydrogen-bond acceptors (Lipinski definition) is 4. The first kappa shape index (κ1) is 15.8. The summed E-state index contributed by atoms with van der Waals surface area (Å²) in [5.74, 6) is -0.401. The van der Waals surface area contributed by atoms with Crippen molar-refractivity contribution in [3.8, 4) is 0 Å². The summed E-state index contributed by atoms with van der Waals surface area (Å²) in [5.41, 5.74) is 1.14. The topological polar surface area (TPSA) is 79.0 Å². The Kier molecular flexibility index (Phi) is 4.65. The van der Waals surface area contributed by atoms with Crippen LogP contribution in [0.1, 0.15) is 26.5 Å². The van der Waals surface area contributed by atoms with Crippen LogP contribution in [-0.4, -0.2) is 21.9 Å². The van der Waals surface area contributed by atoms with Crippen LogP contribution in [0.2, 0.25) is 0 Å². The van der Waals surface area contributed by atoms with Gasteiger partial charge in [0.25, 0.3) is 0 Å². The molecule has 1 amide bonds. The number of amides is 1. The van der Waals surface area contributed by atoms with E-state index in [1.807, 2.05) is 0 Å². The number of carbonyl (C=O) groups excluding carboxylic acids is 1. The summed E-state index contributed by atoms with van der Waals surface area (Å²) in [6.45, 7) is 5.74. The maximum absolute atomic E-state index is 13.4. The van der Waals surface area contributed by atoms with Crippen LogP contribution in [0.5, 0.6) is 0 Å². The standard InChI is InChI=1S/C15H19FN4O2/c1-15(2,3)22-14(21)19-12-5-4-10(16)8-13(12)17-9-11-6-7-18-20-11/h4-8,17H,9H2,1-3H3,(H,18,20)(H,19,21). The molecule has 22 heavy (non-hydrogen) atoms. The van der Waals surface area contributed by atoms with Gasteiger partial charge < -0.3 is 10.1 Å². The van der Waals surface area contributed by atoms with E-state index in [9.17, 15) is 9.18 Å². The molecule has 118 valence electrons. The highest BCUT2D eigenvalue weighted by molar-refractivity contribution is 5.89. The quantitative estimate of drug-likeness (QED) is 0.807. The Balaban J connectivity index is 2.08. The molecule has 0 radical (unpaired) electrons. The Morgan fingerprint density at radius 2 is 2.09 bits per heavy atom. The fourth-order valence-electron chi connectivity index (χ4n) is 1.76. The zero-order valence-electron chi connectivity index (χ0n) is 12.7. The van der Waals surface area contributed by atoms with Gasteiger partial charge in [-0.05, 0) is 45.0 Å². The first-order chi connectivity index (χ1) is 10.3. The van der Waals surface area contributed by atoms with Crippen molar-refractivity contribution >= 4 is 17.5 Å². The third-order valence-electron chi connectivity index (χ3n) is 2.64. The highest BCUT2D eigenvalue weighted by Crippen LogP contribution is 2.24. The number of aromatic amines is 1. The van der Waals surface area contributed by atoms with Crippen LogP contribution in [0.25, 0.3) is 0 Å². The molecule has 0 bridgehead atoms. The van der Waals surface area contributed by atoms with Crippen LogP contribution in [0.4, 0.5) is 20.6 Å². The van der Waals surface area contributed by atoms with Crippen molar-refractivity contribution in [1.82, 2.24) is 10.2 Å². The molecule has 0 unspecified atom stereocenters. The van der Waals surface area contributed by atoms with Gasteiger partial charge in [-0.2, -0.15) is 5.10 Å². The van der Waals surface area contributed by atoms with Gasteiger partial charge in [0, 0.05) is 6.20 Å². The number of nitrogens with zero attached hydrogens (tertiary/aromatic N) is 1. The maximum atomic E-state index is 13.4. The van der Waals surface area contributed by atoms with Gasteiger partial charge >= 0.3 is 6.09 Å². The summed E-state index contributed by atoms with van der Waals surface area (Å²) < 4.78 is 18.6. The fraction of sp³-hybridized carbons (Fsp3) is 0.333. The van der Waals surface area contributed by atoms with Crippen LogP contribution in [0.15, 0.2) is 30.5 Å². The van der Waals surface area contributed by atoms with Gasteiger partial charge in [-0.3, -0.25) is 10.4 Å². The minimum absolute atomic E-state index is 0.401. The Morgan fingerprint density at radius 1 is 1.32 bits per heavy atom. The first-order valence-corrected chi connectivity index (χ1v) is 6.85. The summed E-state index contributed by atoms with van der Waals surface area (Å²) in [7, 11) is 0. The zero-order chi connectivity index (χ0) is 16.2. The van der Waals surface area contributed by atoms with E-state index in [0.29, 0.717) is 17.9 Å². The number of anilines is 2. The summed E-state index contributed by atoms with van der Waals surface area (Å²) in [4.78, 5) is 11.8. The number of hydrogen-bond donors (Lipinski definition) is 3. The van der Waals surface area contributed by atoms with Gasteiger partial charge in [-0.15, -0.1) is 0 Å². The van der Waals surface area contributed by atoms with E-state index in [1.165, 1.54) is 18.2 Å². The number of benzene rings is 1. The smallest absolute Gasteiger partial charge is 0.412 e. The molecule has 0 saturated heterocycles. The molecule has 1 aromatic heterocycles. The van der Waals surface area contributed by atoms with Crippen LogP contribution in [0.3, 0.4) is 0 Å². The van der Waals surface area contributed by atoms with Crippen LogP contribution >= 0.6 is 0 Å². The lowest BCUT2D eigenvalue weighted by Crippen LogP contribution is -2.27. The Labute approximate surface area is 128 Å². The predicted octanol–water partition coefficient (Wildman–Crippen LogP) is 3.51. The van der Waals surface area contributed by atoms with E-state index >= 15 is 0 Å². The molecule has 1 aromatic carbocycles. The molecule has 3 N–H and O–H groups in total. The zero-order valence-corrected chi connectivity index (χ0v) is 12.7. The van der Waals surface area contributed by atoms with Crippen LogP contribution in [0, 0.1) is 5.82 Å². The van der Waals surface area contributed by atoms with Gasteiger partial charge in [0.05, 0.1) is 23.6 Å². The van der Waals surface area contributed by atoms with E-state index in [1.54, 1.807) is 33.0 Å². The number of rotatable bonds is 4. The van der Waals surface area contributed by atoms with Crippen molar-refractivity contribution < 1.29 is 13.9 Å². The summed E-state index contributed by atoms with van der Waals surface area (Å²) in [6.07, 6.45) is 1.03. The van der Waals surface area contributed by atoms with Crippen molar-refractivity contribution in [3.63, 3.8) is 0 Å². The van der Waals surface area contributed by atoms with Gasteiger partial charge in [0.2, 0.25) is 0 Å². The molecule has 0 spiro atoms. The molecule has 2 aromatic rings. The SMILES string of the molecule is CC(C)(C)OC(=O)Nc1ccc(F)cc1NCc1ccn[nH]1. The molecular formula is C15H19FN4O2. The highest BCUT2D eigenvalue weighted by Gasteiger charge is 2.17. The molecular weight excluding hydrogens is 287 g/mol. The third-order valence-corrected chi connectivity index (χ3v) is 2.64. The second-order valence-electron chi connectivity index (χ2n) is 5.75. The highest BCUT2D eigenvalue weighted by atomic mass is 19.1. The Bertz CT molecular complexity index is 635. The van der Waals surface area contributed by atoms with E-state index < -0.39 is 17.5 Å². The number of aromatic nitrogens is 2. The molecule has 0 saturated carbocycles. The van der Waals surface area contributed by atoms with Crippen molar-refractivity contribution in [3.05, 3.63) is 42.0 Å². The molecule has 0 atom stereocenters. The largest absolute Gasteiger partial charge is 0.444 e. The van der Waals surface area contributed by atoms with Crippen LogP contribution < -0.4 is 10.6 Å². The van der Waals surface area contributed by atoms with Crippen molar-refractivity contribution in [2.45, 2.75) is 32.9 Å². The summed E-state index contributed by atoms with van der Waals surface area (Å²) in [6, 6.07) is 5.86. The molecule has 2 rings (SSSR count). The number of halogens is 1. The monoisotopic (exact) mass is 306 g/mol. The van der Waals surface area contributed by atoms with Crippen LogP contribution in [-0.2, 0) is 11.3 Å². The van der Waals surface area contributed by atoms with E-state index in [-0.39, 0.29) is 0 Å². The molecule has 0 aliphatic carbocycles. The van der Waals surface area contributed by atoms with E-state index in [2.05, 4.69) is 20.8 Å². The minimum atomic E-state index is -0.604. The second-order valence-corrected chi connectivity index (χ2v) is 5.75. The number of ether oxygens (including phenoxy) is 1. The average Bonchev–Trinajstić information content (AvgIpc) is 2.90. The second kappa shape index (κ2) is 6.46. The molecule has 6 nitrogen and oxygen atoms in total. The number of carbonyl (C=O) groups is 1. The predicted molar refractivity (Wildman–Crippen MR) is 82.2 cm³/mol. The lowest BCUT2D eigenvalue weighted by molar-refractivity contribution is 0.0636. The van der Waals surface area contributed by atoms with Crippen molar-refractivity contribution in [2.75, 3.05) is 10.6 Å². The Morgan fingerprint density at radius 3 is 2.73 bits per heavy atom. The first-order valence-electron chi connectivity index (χ1n) is 6.85. The lowest BCUT2D eigenvalue weighted by Gasteiger charge is -2.20. The third kappa shape index (κ3) is 4.76. The van der Waals surface area contributed by atoms with E-state index in [4.69, 9.17) is 4.74 Å². The minimum Gasteiger partial charge on any atom is -0.444 e. The van der Waals surface area contributed by atoms with Crippen molar-refractivity contribution in [1.29, 1.82) is 0 Å².